The smallest absolute Gasteiger partial charge is 0.169 e. The Balaban J connectivity index is 1.71. The maximum absolute atomic E-state index is 13.7. The van der Waals surface area contributed by atoms with Crippen LogP contribution in [0.3, 0.4) is 0 Å². The quantitative estimate of drug-likeness (QED) is 0.598. The van der Waals surface area contributed by atoms with Gasteiger partial charge in [-0.05, 0) is 31.6 Å². The zero-order valence-corrected chi connectivity index (χ0v) is 14.9. The third-order valence-corrected chi connectivity index (χ3v) is 4.43. The van der Waals surface area contributed by atoms with Crippen molar-refractivity contribution in [2.45, 2.75) is 19.9 Å². The van der Waals surface area contributed by atoms with Gasteiger partial charge in [0.05, 0.1) is 0 Å². The molecule has 1 fully saturated rings. The zero-order valence-electron chi connectivity index (χ0n) is 14.1. The Morgan fingerprint density at radius 1 is 1.25 bits per heavy atom. The summed E-state index contributed by atoms with van der Waals surface area (Å²) in [4.78, 5) is 4.24. The average molecular weight is 357 g/mol. The minimum Gasteiger partial charge on any atom is -0.382 e. The first-order valence-corrected chi connectivity index (χ1v) is 8.78. The molecule has 0 atom stereocenters. The van der Waals surface area contributed by atoms with Crippen LogP contribution in [-0.2, 0) is 11.3 Å². The summed E-state index contributed by atoms with van der Waals surface area (Å²) in [6, 6.07) is 4.33. The van der Waals surface area contributed by atoms with Crippen molar-refractivity contribution in [3.05, 3.63) is 35.4 Å². The Morgan fingerprint density at radius 2 is 2.00 bits per heavy atom. The van der Waals surface area contributed by atoms with E-state index in [0.29, 0.717) is 12.1 Å². The van der Waals surface area contributed by atoms with E-state index >= 15 is 0 Å². The molecule has 1 aliphatic rings. The molecule has 1 aromatic rings. The molecule has 0 unspecified atom stereocenters. The van der Waals surface area contributed by atoms with Crippen LogP contribution >= 0.6 is 12.2 Å². The van der Waals surface area contributed by atoms with Crippen molar-refractivity contribution in [3.8, 4) is 0 Å². The van der Waals surface area contributed by atoms with Crippen molar-refractivity contribution in [1.82, 2.24) is 15.1 Å². The molecule has 7 heteroatoms. The van der Waals surface area contributed by atoms with Crippen LogP contribution in [0.25, 0.3) is 0 Å². The lowest BCUT2D eigenvalue weighted by Crippen LogP contribution is -2.51. The van der Waals surface area contributed by atoms with Crippen LogP contribution in [0.4, 0.5) is 8.78 Å². The van der Waals surface area contributed by atoms with E-state index in [9.17, 15) is 8.78 Å². The molecule has 1 aromatic carbocycles. The molecule has 0 bridgehead atoms. The number of nitrogens with one attached hydrogen (secondary N) is 1. The van der Waals surface area contributed by atoms with Gasteiger partial charge in [0.1, 0.15) is 0 Å². The highest BCUT2D eigenvalue weighted by molar-refractivity contribution is 7.80. The summed E-state index contributed by atoms with van der Waals surface area (Å²) in [6.07, 6.45) is 0.923. The number of halogens is 2. The first-order valence-electron chi connectivity index (χ1n) is 8.37. The zero-order chi connectivity index (χ0) is 17.4. The Hall–Kier alpha value is -1.31. The number of thiocarbonyl (C=S) groups is 1. The topological polar surface area (TPSA) is 27.7 Å². The summed E-state index contributed by atoms with van der Waals surface area (Å²) >= 11 is 5.40. The predicted octanol–water partition coefficient (Wildman–Crippen LogP) is 2.38. The highest BCUT2D eigenvalue weighted by Crippen LogP contribution is 2.15. The second-order valence-corrected chi connectivity index (χ2v) is 6.15. The molecule has 0 spiro atoms. The molecule has 0 saturated carbocycles. The SMILES string of the molecule is CCOCCCNC(=S)N1CCN(Cc2cccc(F)c2F)CC1. The van der Waals surface area contributed by atoms with Crippen LogP contribution in [0.2, 0.25) is 0 Å². The summed E-state index contributed by atoms with van der Waals surface area (Å²) < 4.78 is 32.3. The van der Waals surface area contributed by atoms with Crippen LogP contribution in [-0.4, -0.2) is 60.8 Å². The lowest BCUT2D eigenvalue weighted by molar-refractivity contribution is 0.145. The highest BCUT2D eigenvalue weighted by atomic mass is 32.1. The van der Waals surface area contributed by atoms with E-state index in [2.05, 4.69) is 15.1 Å². The number of benzene rings is 1. The second-order valence-electron chi connectivity index (χ2n) is 5.76. The molecular weight excluding hydrogens is 332 g/mol. The lowest BCUT2D eigenvalue weighted by atomic mass is 10.2. The number of rotatable bonds is 7. The second kappa shape index (κ2) is 9.86. The van der Waals surface area contributed by atoms with Gasteiger partial charge in [0.2, 0.25) is 0 Å². The molecule has 0 radical (unpaired) electrons. The van der Waals surface area contributed by atoms with Gasteiger partial charge in [-0.3, -0.25) is 4.90 Å². The molecule has 2 rings (SSSR count). The van der Waals surface area contributed by atoms with Crippen LogP contribution in [0, 0.1) is 11.6 Å². The van der Waals surface area contributed by atoms with E-state index in [1.165, 1.54) is 0 Å². The van der Waals surface area contributed by atoms with Crippen LogP contribution in [0.15, 0.2) is 18.2 Å². The number of hydrogen-bond donors (Lipinski definition) is 1. The maximum atomic E-state index is 13.7. The largest absolute Gasteiger partial charge is 0.382 e. The molecule has 1 N–H and O–H groups in total. The molecule has 0 aromatic heterocycles. The van der Waals surface area contributed by atoms with Crippen molar-refractivity contribution in [2.75, 3.05) is 45.9 Å². The Morgan fingerprint density at radius 3 is 2.71 bits per heavy atom. The minimum atomic E-state index is -0.788. The molecule has 1 heterocycles. The monoisotopic (exact) mass is 357 g/mol. The Kier molecular flexibility index (Phi) is 7.81. The van der Waals surface area contributed by atoms with Gasteiger partial charge in [-0.2, -0.15) is 0 Å². The van der Waals surface area contributed by atoms with Gasteiger partial charge >= 0.3 is 0 Å². The van der Waals surface area contributed by atoms with Crippen molar-refractivity contribution >= 4 is 17.3 Å². The van der Waals surface area contributed by atoms with E-state index in [1.807, 2.05) is 6.92 Å². The molecule has 1 aliphatic heterocycles. The van der Waals surface area contributed by atoms with Gasteiger partial charge in [-0.1, -0.05) is 12.1 Å². The molecule has 134 valence electrons. The van der Waals surface area contributed by atoms with Gasteiger partial charge in [0.25, 0.3) is 0 Å². The van der Waals surface area contributed by atoms with Crippen molar-refractivity contribution in [1.29, 1.82) is 0 Å². The van der Waals surface area contributed by atoms with E-state index in [1.54, 1.807) is 12.1 Å². The normalized spacial score (nSPS) is 15.5. The van der Waals surface area contributed by atoms with E-state index in [4.69, 9.17) is 17.0 Å². The number of hydrogen-bond acceptors (Lipinski definition) is 3. The fourth-order valence-electron chi connectivity index (χ4n) is 2.65. The summed E-state index contributed by atoms with van der Waals surface area (Å²) in [5.74, 6) is -1.53. The summed E-state index contributed by atoms with van der Waals surface area (Å²) in [7, 11) is 0. The fraction of sp³-hybridized carbons (Fsp3) is 0.588. The lowest BCUT2D eigenvalue weighted by Gasteiger charge is -2.36. The van der Waals surface area contributed by atoms with Crippen molar-refractivity contribution in [3.63, 3.8) is 0 Å². The number of ether oxygens (including phenoxy) is 1. The van der Waals surface area contributed by atoms with Gasteiger partial charge in [-0.25, -0.2) is 8.78 Å². The third kappa shape index (κ3) is 5.65. The summed E-state index contributed by atoms with van der Waals surface area (Å²) in [6.45, 7) is 7.79. The number of piperazine rings is 1. The average Bonchev–Trinajstić information content (AvgIpc) is 2.59. The van der Waals surface area contributed by atoms with E-state index < -0.39 is 11.6 Å². The summed E-state index contributed by atoms with van der Waals surface area (Å²) in [5, 5.41) is 3.99. The van der Waals surface area contributed by atoms with Gasteiger partial charge in [-0.15, -0.1) is 0 Å². The molecule has 0 amide bonds. The van der Waals surface area contributed by atoms with Crippen LogP contribution in [0.5, 0.6) is 0 Å². The summed E-state index contributed by atoms with van der Waals surface area (Å²) in [5.41, 5.74) is 0.403. The van der Waals surface area contributed by atoms with Crippen LogP contribution in [0.1, 0.15) is 18.9 Å². The Bertz CT molecular complexity index is 537. The van der Waals surface area contributed by atoms with E-state index in [0.717, 1.165) is 63.5 Å². The molecular formula is C17H25F2N3OS. The molecule has 1 saturated heterocycles. The fourth-order valence-corrected chi connectivity index (χ4v) is 2.93. The van der Waals surface area contributed by atoms with Gasteiger partial charge in [0, 0.05) is 58.0 Å². The van der Waals surface area contributed by atoms with Crippen molar-refractivity contribution in [2.24, 2.45) is 0 Å². The predicted molar refractivity (Wildman–Crippen MR) is 94.9 cm³/mol. The van der Waals surface area contributed by atoms with Crippen molar-refractivity contribution < 1.29 is 13.5 Å². The first-order chi connectivity index (χ1) is 11.6. The maximum Gasteiger partial charge on any atom is 0.169 e. The molecule has 4 nitrogen and oxygen atoms in total. The van der Waals surface area contributed by atoms with Gasteiger partial charge in [0.15, 0.2) is 16.7 Å². The molecule has 0 aliphatic carbocycles. The van der Waals surface area contributed by atoms with Crippen LogP contribution < -0.4 is 5.32 Å². The number of nitrogens with zero attached hydrogens (tertiary/aromatic N) is 2. The van der Waals surface area contributed by atoms with Gasteiger partial charge < -0.3 is 15.0 Å². The standard InChI is InChI=1S/C17H25F2N3OS/c1-2-23-12-4-7-20-17(24)22-10-8-21(9-11-22)13-14-5-3-6-15(18)16(14)19/h3,5-6H,2,4,7-13H2,1H3,(H,20,24). The molecule has 24 heavy (non-hydrogen) atoms. The first kappa shape index (κ1) is 19.0. The third-order valence-electron chi connectivity index (χ3n) is 4.03. The Labute approximate surface area is 147 Å². The minimum absolute atomic E-state index is 0.403. The highest BCUT2D eigenvalue weighted by Gasteiger charge is 2.20. The van der Waals surface area contributed by atoms with E-state index in [-0.39, 0.29) is 0 Å².